The summed E-state index contributed by atoms with van der Waals surface area (Å²) in [6, 6.07) is 7.73. The Bertz CT molecular complexity index is 695. The van der Waals surface area contributed by atoms with Gasteiger partial charge in [0.05, 0.1) is 12.3 Å². The van der Waals surface area contributed by atoms with E-state index in [1.165, 1.54) is 11.6 Å². The molecule has 0 aliphatic carbocycles. The minimum absolute atomic E-state index is 0.377. The molecule has 0 radical (unpaired) electrons. The number of fused-ring (bicyclic) bond motifs is 1. The first kappa shape index (κ1) is 12.3. The first-order valence-corrected chi connectivity index (χ1v) is 6.22. The van der Waals surface area contributed by atoms with E-state index in [9.17, 15) is 4.79 Å². The molecule has 0 fully saturated rings. The Morgan fingerprint density at radius 1 is 1.35 bits per heavy atom. The van der Waals surface area contributed by atoms with Crippen LogP contribution in [0.3, 0.4) is 0 Å². The fraction of sp³-hybridized carbons (Fsp3) is 0.133. The molecule has 5 heteroatoms. The summed E-state index contributed by atoms with van der Waals surface area (Å²) in [7, 11) is 0. The average molecular weight is 268 g/mol. The molecule has 1 N–H and O–H groups in total. The Kier molecular flexibility index (Phi) is 3.16. The van der Waals surface area contributed by atoms with E-state index in [4.69, 9.17) is 9.84 Å². The van der Waals surface area contributed by atoms with Gasteiger partial charge in [-0.2, -0.15) is 0 Å². The van der Waals surface area contributed by atoms with Gasteiger partial charge in [0.2, 0.25) is 0 Å². The zero-order valence-electron chi connectivity index (χ0n) is 10.6. The zero-order chi connectivity index (χ0) is 13.9. The molecule has 5 nitrogen and oxygen atoms in total. The summed E-state index contributed by atoms with van der Waals surface area (Å²) < 4.78 is 5.47. The van der Waals surface area contributed by atoms with Gasteiger partial charge in [0.1, 0.15) is 5.75 Å². The summed E-state index contributed by atoms with van der Waals surface area (Å²) in [4.78, 5) is 18.9. The molecule has 0 atom stereocenters. The fourth-order valence-corrected chi connectivity index (χ4v) is 2.11. The van der Waals surface area contributed by atoms with Gasteiger partial charge < -0.3 is 9.84 Å². The molecule has 3 rings (SSSR count). The Hall–Kier alpha value is -2.69. The lowest BCUT2D eigenvalue weighted by molar-refractivity contribution is -0.131. The summed E-state index contributed by atoms with van der Waals surface area (Å²) in [5, 5.41) is 8.61. The van der Waals surface area contributed by atoms with E-state index in [0.29, 0.717) is 5.82 Å². The molecule has 2 aromatic rings. The second-order valence-corrected chi connectivity index (χ2v) is 4.39. The van der Waals surface area contributed by atoms with Gasteiger partial charge in [-0.05, 0) is 35.9 Å². The van der Waals surface area contributed by atoms with Crippen LogP contribution in [0.2, 0.25) is 0 Å². The summed E-state index contributed by atoms with van der Waals surface area (Å²) in [5.41, 5.74) is 2.91. The second kappa shape index (κ2) is 5.13. The molecule has 1 aromatic heterocycles. The van der Waals surface area contributed by atoms with E-state index >= 15 is 0 Å². The van der Waals surface area contributed by atoms with Gasteiger partial charge in [-0.25, -0.2) is 14.8 Å². The third-order valence-electron chi connectivity index (χ3n) is 3.03. The van der Waals surface area contributed by atoms with Crippen LogP contribution in [0, 0.1) is 0 Å². The number of carbonyl (C=O) groups is 1. The Morgan fingerprint density at radius 2 is 2.25 bits per heavy atom. The topological polar surface area (TPSA) is 72.3 Å². The van der Waals surface area contributed by atoms with E-state index in [1.807, 2.05) is 12.1 Å². The molecular formula is C15H12N2O3. The number of aliphatic carboxylic acids is 1. The van der Waals surface area contributed by atoms with Gasteiger partial charge >= 0.3 is 5.97 Å². The highest BCUT2D eigenvalue weighted by atomic mass is 16.5. The largest absolute Gasteiger partial charge is 0.493 e. The van der Waals surface area contributed by atoms with E-state index < -0.39 is 5.97 Å². The maximum atomic E-state index is 10.5. The van der Waals surface area contributed by atoms with Crippen LogP contribution in [0.1, 0.15) is 11.4 Å². The third kappa shape index (κ3) is 2.51. The predicted molar refractivity (Wildman–Crippen MR) is 73.3 cm³/mol. The molecular weight excluding hydrogens is 256 g/mol. The minimum Gasteiger partial charge on any atom is -0.493 e. The highest BCUT2D eigenvalue weighted by Crippen LogP contribution is 2.29. The molecule has 2 heterocycles. The van der Waals surface area contributed by atoms with Crippen LogP contribution in [0.5, 0.6) is 5.75 Å². The van der Waals surface area contributed by atoms with Crippen LogP contribution in [-0.2, 0) is 11.2 Å². The highest BCUT2D eigenvalue weighted by Gasteiger charge is 2.13. The van der Waals surface area contributed by atoms with Crippen molar-refractivity contribution in [2.24, 2.45) is 0 Å². The molecule has 1 aliphatic heterocycles. The van der Waals surface area contributed by atoms with Crippen LogP contribution >= 0.6 is 0 Å². The van der Waals surface area contributed by atoms with Crippen molar-refractivity contribution in [1.29, 1.82) is 0 Å². The van der Waals surface area contributed by atoms with Gasteiger partial charge in [-0.1, -0.05) is 0 Å². The van der Waals surface area contributed by atoms with Crippen molar-refractivity contribution in [3.8, 4) is 17.0 Å². The Morgan fingerprint density at radius 3 is 3.10 bits per heavy atom. The van der Waals surface area contributed by atoms with Crippen molar-refractivity contribution in [2.75, 3.05) is 6.61 Å². The number of rotatable bonds is 3. The number of carboxylic acid groups (broad SMARTS) is 1. The van der Waals surface area contributed by atoms with Gasteiger partial charge in [0, 0.05) is 24.3 Å². The van der Waals surface area contributed by atoms with Crippen molar-refractivity contribution in [2.45, 2.75) is 6.42 Å². The molecule has 0 spiro atoms. The smallest absolute Gasteiger partial charge is 0.328 e. The number of hydrogen-bond donors (Lipinski definition) is 1. The lowest BCUT2D eigenvalue weighted by Gasteiger charge is -2.04. The number of benzene rings is 1. The van der Waals surface area contributed by atoms with Crippen LogP contribution in [-0.4, -0.2) is 27.7 Å². The van der Waals surface area contributed by atoms with Crippen LogP contribution in [0.4, 0.5) is 0 Å². The Balaban J connectivity index is 1.94. The van der Waals surface area contributed by atoms with E-state index in [0.717, 1.165) is 36.1 Å². The monoisotopic (exact) mass is 268 g/mol. The van der Waals surface area contributed by atoms with Crippen LogP contribution in [0.15, 0.2) is 36.5 Å². The normalized spacial score (nSPS) is 13.2. The molecule has 1 aromatic carbocycles. The number of ether oxygens (including phenoxy) is 1. The van der Waals surface area contributed by atoms with Gasteiger partial charge in [-0.15, -0.1) is 0 Å². The van der Waals surface area contributed by atoms with E-state index in [1.54, 1.807) is 12.3 Å². The second-order valence-electron chi connectivity index (χ2n) is 4.39. The van der Waals surface area contributed by atoms with Crippen molar-refractivity contribution in [1.82, 2.24) is 9.97 Å². The number of carboxylic acids is 1. The first-order chi connectivity index (χ1) is 9.72. The van der Waals surface area contributed by atoms with Crippen LogP contribution in [0.25, 0.3) is 17.3 Å². The summed E-state index contributed by atoms with van der Waals surface area (Å²) >= 11 is 0. The average Bonchev–Trinajstić information content (AvgIpc) is 2.93. The predicted octanol–water partition coefficient (Wildman–Crippen LogP) is 2.18. The standard InChI is InChI=1S/C15H12N2O3/c18-15(19)4-3-14-16-7-5-12(17-14)10-1-2-13-11(9-10)6-8-20-13/h1-5,7,9H,6,8H2,(H,18,19)/b4-3+. The van der Waals surface area contributed by atoms with Gasteiger partial charge in [0.25, 0.3) is 0 Å². The molecule has 0 saturated heterocycles. The zero-order valence-corrected chi connectivity index (χ0v) is 10.6. The molecule has 100 valence electrons. The molecule has 1 aliphatic rings. The maximum Gasteiger partial charge on any atom is 0.328 e. The number of nitrogens with zero attached hydrogens (tertiary/aromatic N) is 2. The summed E-state index contributed by atoms with van der Waals surface area (Å²) in [6.45, 7) is 0.717. The molecule has 0 saturated carbocycles. The number of aromatic nitrogens is 2. The quantitative estimate of drug-likeness (QED) is 0.864. The number of hydrogen-bond acceptors (Lipinski definition) is 4. The molecule has 20 heavy (non-hydrogen) atoms. The van der Waals surface area contributed by atoms with Crippen LogP contribution < -0.4 is 4.74 Å². The lowest BCUT2D eigenvalue weighted by atomic mass is 10.1. The molecule has 0 bridgehead atoms. The van der Waals surface area contributed by atoms with Crippen molar-refractivity contribution >= 4 is 12.0 Å². The molecule has 0 unspecified atom stereocenters. The van der Waals surface area contributed by atoms with Crippen molar-refractivity contribution in [3.63, 3.8) is 0 Å². The summed E-state index contributed by atoms with van der Waals surface area (Å²) in [5.74, 6) is 0.282. The lowest BCUT2D eigenvalue weighted by Crippen LogP contribution is -1.92. The fourth-order valence-electron chi connectivity index (χ4n) is 2.11. The van der Waals surface area contributed by atoms with Crippen molar-refractivity contribution < 1.29 is 14.6 Å². The van der Waals surface area contributed by atoms with E-state index in [-0.39, 0.29) is 0 Å². The summed E-state index contributed by atoms with van der Waals surface area (Å²) in [6.07, 6.45) is 4.92. The van der Waals surface area contributed by atoms with E-state index in [2.05, 4.69) is 16.0 Å². The van der Waals surface area contributed by atoms with Gasteiger partial charge in [-0.3, -0.25) is 0 Å². The minimum atomic E-state index is -1.02. The van der Waals surface area contributed by atoms with Crippen molar-refractivity contribution in [3.05, 3.63) is 47.9 Å². The first-order valence-electron chi connectivity index (χ1n) is 6.22. The molecule has 0 amide bonds. The third-order valence-corrected chi connectivity index (χ3v) is 3.03. The van der Waals surface area contributed by atoms with Gasteiger partial charge in [0.15, 0.2) is 5.82 Å². The SMILES string of the molecule is O=C(O)/C=C/c1nccc(-c2ccc3c(c2)CCO3)n1. The Labute approximate surface area is 115 Å². The maximum absolute atomic E-state index is 10.5. The highest BCUT2D eigenvalue weighted by molar-refractivity contribution is 5.84.